The van der Waals surface area contributed by atoms with E-state index in [1.54, 1.807) is 13.8 Å². The number of rotatable bonds is 5. The Hall–Kier alpha value is -1.91. The molecule has 3 N–H and O–H groups in total. The zero-order valence-electron chi connectivity index (χ0n) is 10.7. The number of amides is 1. The maximum atomic E-state index is 12.1. The molecule has 0 aliphatic heterocycles. The van der Waals surface area contributed by atoms with Crippen molar-refractivity contribution in [1.29, 1.82) is 5.26 Å². The van der Waals surface area contributed by atoms with Crippen LogP contribution in [0.5, 0.6) is 0 Å². The van der Waals surface area contributed by atoms with Gasteiger partial charge in [-0.1, -0.05) is 6.07 Å². The molecular weight excluding hydrogens is 266 g/mol. The number of hydrogen-bond acceptors (Lipinski definition) is 4. The Kier molecular flexibility index (Phi) is 4.29. The van der Waals surface area contributed by atoms with E-state index in [2.05, 4.69) is 4.72 Å². The topological polar surface area (TPSA) is 113 Å². The van der Waals surface area contributed by atoms with E-state index in [-0.39, 0.29) is 16.9 Å². The second-order valence-electron chi connectivity index (χ2n) is 4.77. The first kappa shape index (κ1) is 15.1. The van der Waals surface area contributed by atoms with Crippen LogP contribution in [-0.4, -0.2) is 19.9 Å². The zero-order valence-corrected chi connectivity index (χ0v) is 11.5. The normalized spacial score (nSPS) is 11.8. The van der Waals surface area contributed by atoms with E-state index in [1.165, 1.54) is 24.3 Å². The summed E-state index contributed by atoms with van der Waals surface area (Å²) in [6.45, 7) is 3.12. The fourth-order valence-electron chi connectivity index (χ4n) is 1.63. The maximum Gasteiger partial charge on any atom is 0.241 e. The van der Waals surface area contributed by atoms with Crippen molar-refractivity contribution in [3.8, 4) is 6.07 Å². The van der Waals surface area contributed by atoms with E-state index in [9.17, 15) is 13.2 Å². The van der Waals surface area contributed by atoms with Crippen molar-refractivity contribution in [2.75, 3.05) is 0 Å². The van der Waals surface area contributed by atoms with Crippen LogP contribution >= 0.6 is 0 Å². The molecule has 0 fully saturated rings. The molecule has 0 unspecified atom stereocenters. The van der Waals surface area contributed by atoms with Crippen molar-refractivity contribution in [3.63, 3.8) is 0 Å². The molecule has 102 valence electrons. The quantitative estimate of drug-likeness (QED) is 0.817. The lowest BCUT2D eigenvalue weighted by Crippen LogP contribution is -2.45. The number of carbonyl (C=O) groups excluding carboxylic acids is 1. The molecule has 0 bridgehead atoms. The summed E-state index contributed by atoms with van der Waals surface area (Å²) in [5, 5.41) is 8.75. The van der Waals surface area contributed by atoms with Gasteiger partial charge in [-0.15, -0.1) is 0 Å². The number of carbonyl (C=O) groups is 1. The molecule has 0 saturated carbocycles. The molecular formula is C12H15N3O3S. The highest BCUT2D eigenvalue weighted by atomic mass is 32.2. The molecule has 0 atom stereocenters. The van der Waals surface area contributed by atoms with Crippen LogP contribution in [0.3, 0.4) is 0 Å². The average molecular weight is 281 g/mol. The summed E-state index contributed by atoms with van der Waals surface area (Å²) in [5.74, 6) is -0.599. The second-order valence-corrected chi connectivity index (χ2v) is 6.45. The van der Waals surface area contributed by atoms with E-state index in [0.29, 0.717) is 0 Å². The smallest absolute Gasteiger partial charge is 0.241 e. The van der Waals surface area contributed by atoms with Crippen molar-refractivity contribution in [2.45, 2.75) is 30.7 Å². The van der Waals surface area contributed by atoms with Gasteiger partial charge in [-0.05, 0) is 32.0 Å². The first-order chi connectivity index (χ1) is 8.66. The number of nitriles is 1. The van der Waals surface area contributed by atoms with Gasteiger partial charge in [0.2, 0.25) is 15.9 Å². The van der Waals surface area contributed by atoms with Crippen molar-refractivity contribution >= 4 is 15.9 Å². The van der Waals surface area contributed by atoms with Crippen LogP contribution in [0.25, 0.3) is 0 Å². The van der Waals surface area contributed by atoms with Gasteiger partial charge in [-0.25, -0.2) is 13.1 Å². The van der Waals surface area contributed by atoms with Crippen LogP contribution < -0.4 is 10.5 Å². The van der Waals surface area contributed by atoms with Crippen LogP contribution in [0, 0.1) is 11.3 Å². The van der Waals surface area contributed by atoms with E-state index in [4.69, 9.17) is 11.0 Å². The van der Waals surface area contributed by atoms with E-state index >= 15 is 0 Å². The highest BCUT2D eigenvalue weighted by Crippen LogP contribution is 2.16. The summed E-state index contributed by atoms with van der Waals surface area (Å²) in [6, 6.07) is 7.50. The number of benzene rings is 1. The average Bonchev–Trinajstić information content (AvgIpc) is 2.25. The molecule has 0 heterocycles. The number of primary amides is 1. The lowest BCUT2D eigenvalue weighted by Gasteiger charge is -2.24. The lowest BCUT2D eigenvalue weighted by molar-refractivity contribution is -0.119. The summed E-state index contributed by atoms with van der Waals surface area (Å²) in [7, 11) is -3.81. The van der Waals surface area contributed by atoms with E-state index in [1.807, 2.05) is 6.07 Å². The molecule has 0 spiro atoms. The Morgan fingerprint density at radius 2 is 2.11 bits per heavy atom. The fourth-order valence-corrected chi connectivity index (χ4v) is 3.08. The molecule has 6 nitrogen and oxygen atoms in total. The van der Waals surface area contributed by atoms with Crippen LogP contribution in [0.4, 0.5) is 0 Å². The monoisotopic (exact) mass is 281 g/mol. The highest BCUT2D eigenvalue weighted by Gasteiger charge is 2.27. The van der Waals surface area contributed by atoms with Crippen molar-refractivity contribution in [3.05, 3.63) is 29.8 Å². The third kappa shape index (κ3) is 4.35. The van der Waals surface area contributed by atoms with Crippen molar-refractivity contribution in [1.82, 2.24) is 4.72 Å². The van der Waals surface area contributed by atoms with Gasteiger partial charge >= 0.3 is 0 Å². The first-order valence-electron chi connectivity index (χ1n) is 5.49. The Morgan fingerprint density at radius 1 is 1.47 bits per heavy atom. The minimum Gasteiger partial charge on any atom is -0.370 e. The van der Waals surface area contributed by atoms with Gasteiger partial charge in [0, 0.05) is 12.0 Å². The van der Waals surface area contributed by atoms with Gasteiger partial charge in [0.15, 0.2) is 0 Å². The number of nitrogens with zero attached hydrogens (tertiary/aromatic N) is 1. The summed E-state index contributed by atoms with van der Waals surface area (Å²) in [5.41, 5.74) is 4.32. The van der Waals surface area contributed by atoms with Gasteiger partial charge in [0.05, 0.1) is 16.5 Å². The maximum absolute atomic E-state index is 12.1. The second kappa shape index (κ2) is 5.38. The predicted molar refractivity (Wildman–Crippen MR) is 69.4 cm³/mol. The Morgan fingerprint density at radius 3 is 2.63 bits per heavy atom. The van der Waals surface area contributed by atoms with Crippen LogP contribution in [-0.2, 0) is 14.8 Å². The van der Waals surface area contributed by atoms with Gasteiger partial charge in [0.25, 0.3) is 0 Å². The third-order valence-corrected chi connectivity index (χ3v) is 4.00. The molecule has 7 heteroatoms. The van der Waals surface area contributed by atoms with Crippen LogP contribution in [0.1, 0.15) is 25.8 Å². The Balaban J connectivity index is 3.05. The molecule has 0 radical (unpaired) electrons. The first-order valence-corrected chi connectivity index (χ1v) is 6.97. The summed E-state index contributed by atoms with van der Waals surface area (Å²) in [6.07, 6.45) is -0.121. The number of nitrogens with one attached hydrogen (secondary N) is 1. The molecule has 0 saturated heterocycles. The third-order valence-electron chi connectivity index (χ3n) is 2.30. The largest absolute Gasteiger partial charge is 0.370 e. The summed E-state index contributed by atoms with van der Waals surface area (Å²) in [4.78, 5) is 10.9. The van der Waals surface area contributed by atoms with Gasteiger partial charge in [0.1, 0.15) is 0 Å². The van der Waals surface area contributed by atoms with E-state index in [0.717, 1.165) is 0 Å². The standard InChI is InChI=1S/C12H15N3O3S/c1-12(2,7-11(14)16)15-19(17,18)10-5-3-4-9(6-10)8-13/h3-6,15H,7H2,1-2H3,(H2,14,16). The summed E-state index contributed by atoms with van der Waals surface area (Å²) >= 11 is 0. The molecule has 1 amide bonds. The molecule has 0 aromatic heterocycles. The zero-order chi connectivity index (χ0) is 14.7. The molecule has 1 aromatic carbocycles. The van der Waals surface area contributed by atoms with Gasteiger partial charge < -0.3 is 5.73 Å². The fraction of sp³-hybridized carbons (Fsp3) is 0.333. The molecule has 0 aliphatic carbocycles. The number of hydrogen-bond donors (Lipinski definition) is 2. The Bertz CT molecular complexity index is 630. The van der Waals surface area contributed by atoms with Crippen LogP contribution in [0.15, 0.2) is 29.2 Å². The lowest BCUT2D eigenvalue weighted by atomic mass is 10.0. The van der Waals surface area contributed by atoms with Crippen LogP contribution in [0.2, 0.25) is 0 Å². The van der Waals surface area contributed by atoms with Crippen molar-refractivity contribution < 1.29 is 13.2 Å². The Labute approximate surface area is 112 Å². The van der Waals surface area contributed by atoms with Gasteiger partial charge in [-0.2, -0.15) is 5.26 Å². The molecule has 1 aromatic rings. The summed E-state index contributed by atoms with van der Waals surface area (Å²) < 4.78 is 26.6. The molecule has 19 heavy (non-hydrogen) atoms. The minimum absolute atomic E-state index is 0.0240. The molecule has 1 rings (SSSR count). The number of sulfonamides is 1. The predicted octanol–water partition coefficient (Wildman–Crippen LogP) is 0.491. The molecule has 0 aliphatic rings. The SMILES string of the molecule is CC(C)(CC(N)=O)NS(=O)(=O)c1cccc(C#N)c1. The van der Waals surface area contributed by atoms with Crippen molar-refractivity contribution in [2.24, 2.45) is 5.73 Å². The number of nitrogens with two attached hydrogens (primary N) is 1. The van der Waals surface area contributed by atoms with E-state index < -0.39 is 21.5 Å². The highest BCUT2D eigenvalue weighted by molar-refractivity contribution is 7.89. The minimum atomic E-state index is -3.81. The van der Waals surface area contributed by atoms with Gasteiger partial charge in [-0.3, -0.25) is 4.79 Å².